The Morgan fingerprint density at radius 3 is 2.50 bits per heavy atom. The third-order valence-electron chi connectivity index (χ3n) is 1.46. The second kappa shape index (κ2) is 4.34. The molecule has 0 fully saturated rings. The van der Waals surface area contributed by atoms with Crippen LogP contribution in [0.15, 0.2) is 17.6 Å². The number of nitrogen functional groups attached to an aromatic ring is 2. The molecule has 2 aromatic rings. The van der Waals surface area contributed by atoms with E-state index < -0.39 is 0 Å². The Labute approximate surface area is 95.0 Å². The monoisotopic (exact) mass is 273 g/mol. The molecule has 0 unspecified atom stereocenters. The second-order valence-corrected chi connectivity index (χ2v) is 3.26. The summed E-state index contributed by atoms with van der Waals surface area (Å²) in [4.78, 5) is 11.9. The minimum Gasteiger partial charge on any atom is -0.375 e. The first-order valence-corrected chi connectivity index (χ1v) is 4.43. The lowest BCUT2D eigenvalue weighted by Gasteiger charge is -1.95. The maximum Gasteiger partial charge on any atom is 0.220 e. The summed E-state index contributed by atoms with van der Waals surface area (Å²) in [6, 6.07) is 1.74. The molecule has 74 valence electrons. The van der Waals surface area contributed by atoms with E-state index in [0.29, 0.717) is 10.8 Å². The van der Waals surface area contributed by atoms with Gasteiger partial charge in [0.1, 0.15) is 5.69 Å². The van der Waals surface area contributed by atoms with E-state index in [4.69, 9.17) is 11.5 Å². The highest BCUT2D eigenvalue weighted by molar-refractivity contribution is 8.93. The van der Waals surface area contributed by atoms with Crippen molar-refractivity contribution >= 4 is 39.4 Å². The van der Waals surface area contributed by atoms with E-state index in [1.165, 1.54) is 11.3 Å². The maximum absolute atomic E-state index is 5.49. The molecule has 7 heteroatoms. The van der Waals surface area contributed by atoms with Gasteiger partial charge in [-0.25, -0.2) is 15.0 Å². The van der Waals surface area contributed by atoms with Crippen molar-refractivity contribution < 1.29 is 0 Å². The Morgan fingerprint density at radius 2 is 1.93 bits per heavy atom. The average molecular weight is 274 g/mol. The molecule has 0 bridgehead atoms. The molecule has 0 aliphatic rings. The Kier molecular flexibility index (Phi) is 3.37. The zero-order valence-corrected chi connectivity index (χ0v) is 9.57. The van der Waals surface area contributed by atoms with Gasteiger partial charge in [-0.1, -0.05) is 0 Å². The lowest BCUT2D eigenvalue weighted by Crippen LogP contribution is -1.95. The van der Waals surface area contributed by atoms with E-state index in [0.717, 1.165) is 5.69 Å². The molecule has 0 saturated carbocycles. The summed E-state index contributed by atoms with van der Waals surface area (Å²) in [5.74, 6) is 0.240. The number of hydrogen-bond donors (Lipinski definition) is 2. The predicted octanol–water partition coefficient (Wildman–Crippen LogP) is 1.34. The summed E-state index contributed by atoms with van der Waals surface area (Å²) in [6.07, 6.45) is 1.59. The summed E-state index contributed by atoms with van der Waals surface area (Å²) in [5.41, 5.74) is 12.3. The first kappa shape index (κ1) is 10.9. The van der Waals surface area contributed by atoms with E-state index >= 15 is 0 Å². The van der Waals surface area contributed by atoms with Crippen LogP contribution in [0.3, 0.4) is 0 Å². The summed E-state index contributed by atoms with van der Waals surface area (Å²) in [5, 5.41) is 2.35. The molecule has 0 aliphatic carbocycles. The van der Waals surface area contributed by atoms with Crippen molar-refractivity contribution in [1.82, 2.24) is 15.0 Å². The van der Waals surface area contributed by atoms with Gasteiger partial charge in [0.2, 0.25) is 5.95 Å². The fourth-order valence-corrected chi connectivity index (χ4v) is 1.48. The van der Waals surface area contributed by atoms with E-state index in [2.05, 4.69) is 15.0 Å². The fraction of sp³-hybridized carbons (Fsp3) is 0. The molecule has 2 heterocycles. The lowest BCUT2D eigenvalue weighted by atomic mass is 10.3. The Morgan fingerprint density at radius 1 is 1.14 bits per heavy atom. The van der Waals surface area contributed by atoms with Gasteiger partial charge in [0.15, 0.2) is 5.13 Å². The number of thiazole rings is 1. The van der Waals surface area contributed by atoms with Crippen LogP contribution in [-0.2, 0) is 0 Å². The zero-order chi connectivity index (χ0) is 9.26. The molecule has 0 spiro atoms. The van der Waals surface area contributed by atoms with E-state index in [-0.39, 0.29) is 22.9 Å². The molecule has 0 aromatic carbocycles. The summed E-state index contributed by atoms with van der Waals surface area (Å²) in [7, 11) is 0. The van der Waals surface area contributed by atoms with Gasteiger partial charge in [-0.05, 0) is 6.07 Å². The minimum atomic E-state index is 0. The largest absolute Gasteiger partial charge is 0.375 e. The first-order valence-electron chi connectivity index (χ1n) is 3.55. The second-order valence-electron chi connectivity index (χ2n) is 2.37. The van der Waals surface area contributed by atoms with Crippen LogP contribution in [0.25, 0.3) is 11.4 Å². The van der Waals surface area contributed by atoms with Crippen LogP contribution in [0.1, 0.15) is 0 Å². The Hall–Kier alpha value is -1.21. The van der Waals surface area contributed by atoms with Crippen LogP contribution < -0.4 is 11.5 Å². The molecule has 2 rings (SSSR count). The molecule has 14 heavy (non-hydrogen) atoms. The highest BCUT2D eigenvalue weighted by Crippen LogP contribution is 2.20. The fourth-order valence-electron chi connectivity index (χ4n) is 0.922. The van der Waals surface area contributed by atoms with Crippen molar-refractivity contribution in [2.45, 2.75) is 0 Å². The summed E-state index contributed by atoms with van der Waals surface area (Å²) in [6.45, 7) is 0. The van der Waals surface area contributed by atoms with Gasteiger partial charge in [-0.2, -0.15) is 0 Å². The van der Waals surface area contributed by atoms with Gasteiger partial charge in [0.05, 0.1) is 5.69 Å². The lowest BCUT2D eigenvalue weighted by molar-refractivity contribution is 1.18. The van der Waals surface area contributed by atoms with Crippen LogP contribution in [0.4, 0.5) is 11.1 Å². The average Bonchev–Trinajstić information content (AvgIpc) is 2.52. The van der Waals surface area contributed by atoms with Crippen molar-refractivity contribution in [3.63, 3.8) is 0 Å². The molecular formula is C7H8BrN5S. The van der Waals surface area contributed by atoms with Crippen molar-refractivity contribution in [2.75, 3.05) is 11.5 Å². The van der Waals surface area contributed by atoms with E-state index in [9.17, 15) is 0 Å². The van der Waals surface area contributed by atoms with E-state index in [1.54, 1.807) is 12.3 Å². The third kappa shape index (κ3) is 2.18. The SMILES string of the molecule is Br.Nc1nccc(-c2csc(N)n2)n1. The molecule has 0 aliphatic heterocycles. The number of anilines is 2. The Balaban J connectivity index is 0.000000980. The number of rotatable bonds is 1. The quantitative estimate of drug-likeness (QED) is 0.818. The standard InChI is InChI=1S/C7H7N5S.BrH/c8-6-10-2-1-4(11-6)5-3-13-7(9)12-5;/h1-3H,(H2,9,12)(H2,8,10,11);1H. The maximum atomic E-state index is 5.49. The minimum absolute atomic E-state index is 0. The van der Waals surface area contributed by atoms with E-state index in [1.807, 2.05) is 5.38 Å². The Bertz CT molecular complexity index is 430. The number of nitrogens with zero attached hydrogens (tertiary/aromatic N) is 3. The normalized spacial score (nSPS) is 9.43. The summed E-state index contributed by atoms with van der Waals surface area (Å²) >= 11 is 1.37. The number of halogens is 1. The summed E-state index contributed by atoms with van der Waals surface area (Å²) < 4.78 is 0. The van der Waals surface area contributed by atoms with Gasteiger partial charge >= 0.3 is 0 Å². The van der Waals surface area contributed by atoms with Gasteiger partial charge in [0.25, 0.3) is 0 Å². The third-order valence-corrected chi connectivity index (χ3v) is 2.13. The van der Waals surface area contributed by atoms with Crippen molar-refractivity contribution in [3.05, 3.63) is 17.6 Å². The topological polar surface area (TPSA) is 90.7 Å². The smallest absolute Gasteiger partial charge is 0.220 e. The molecular weight excluding hydrogens is 266 g/mol. The van der Waals surface area contributed by atoms with Crippen LogP contribution >= 0.6 is 28.3 Å². The highest BCUT2D eigenvalue weighted by Gasteiger charge is 2.03. The molecule has 2 aromatic heterocycles. The van der Waals surface area contributed by atoms with Gasteiger partial charge in [-0.15, -0.1) is 28.3 Å². The molecule has 0 amide bonds. The molecule has 0 saturated heterocycles. The zero-order valence-electron chi connectivity index (χ0n) is 7.04. The van der Waals surface area contributed by atoms with Gasteiger partial charge < -0.3 is 11.5 Å². The number of aromatic nitrogens is 3. The van der Waals surface area contributed by atoms with Crippen LogP contribution in [0.5, 0.6) is 0 Å². The first-order chi connectivity index (χ1) is 6.25. The number of hydrogen-bond acceptors (Lipinski definition) is 6. The van der Waals surface area contributed by atoms with Crippen molar-refractivity contribution in [3.8, 4) is 11.4 Å². The van der Waals surface area contributed by atoms with Gasteiger partial charge in [0, 0.05) is 11.6 Å². The number of nitrogens with two attached hydrogens (primary N) is 2. The van der Waals surface area contributed by atoms with Crippen molar-refractivity contribution in [2.24, 2.45) is 0 Å². The van der Waals surface area contributed by atoms with Crippen molar-refractivity contribution in [1.29, 1.82) is 0 Å². The van der Waals surface area contributed by atoms with Crippen LogP contribution in [0.2, 0.25) is 0 Å². The van der Waals surface area contributed by atoms with Crippen LogP contribution in [0, 0.1) is 0 Å². The molecule has 4 N–H and O–H groups in total. The predicted molar refractivity (Wildman–Crippen MR) is 62.3 cm³/mol. The molecule has 5 nitrogen and oxygen atoms in total. The molecule has 0 radical (unpaired) electrons. The van der Waals surface area contributed by atoms with Gasteiger partial charge in [-0.3, -0.25) is 0 Å². The van der Waals surface area contributed by atoms with Crippen LogP contribution in [-0.4, -0.2) is 15.0 Å². The molecule has 0 atom stereocenters. The highest BCUT2D eigenvalue weighted by atomic mass is 79.9.